The molecule has 0 aromatic heterocycles. The Kier molecular flexibility index (Phi) is 4.08. The maximum atomic E-state index is 11.8. The van der Waals surface area contributed by atoms with Crippen LogP contribution in [0.3, 0.4) is 0 Å². The van der Waals surface area contributed by atoms with Crippen molar-refractivity contribution >= 4 is 11.6 Å². The molecule has 1 aromatic rings. The monoisotopic (exact) mass is 244 g/mol. The highest BCUT2D eigenvalue weighted by Crippen LogP contribution is 2.28. The lowest BCUT2D eigenvalue weighted by Crippen LogP contribution is -2.44. The van der Waals surface area contributed by atoms with Crippen molar-refractivity contribution in [2.75, 3.05) is 18.4 Å². The fourth-order valence-corrected chi connectivity index (χ4v) is 1.78. The van der Waals surface area contributed by atoms with Gasteiger partial charge in [-0.3, -0.25) is 4.79 Å². The molecule has 1 heterocycles. The Balaban J connectivity index is 1.85. The highest BCUT2D eigenvalue weighted by atomic mass is 16.5. The number of amides is 1. The van der Waals surface area contributed by atoms with Crippen LogP contribution in [-0.2, 0) is 4.79 Å². The van der Waals surface area contributed by atoms with Crippen LogP contribution in [0.5, 0.6) is 5.75 Å². The number of ether oxygens (including phenoxy) is 1. The smallest absolute Gasteiger partial charge is 0.262 e. The molecule has 1 aliphatic heterocycles. The van der Waals surface area contributed by atoms with Crippen LogP contribution in [0.15, 0.2) is 24.3 Å². The molecule has 1 amide bonds. The summed E-state index contributed by atoms with van der Waals surface area (Å²) in [6, 6.07) is 7.58. The van der Waals surface area contributed by atoms with Gasteiger partial charge in [-0.05, 0) is 18.6 Å². The second-order valence-corrected chi connectivity index (χ2v) is 4.08. The molecule has 2 N–H and O–H groups in total. The van der Waals surface area contributed by atoms with E-state index in [0.29, 0.717) is 25.3 Å². The van der Waals surface area contributed by atoms with E-state index in [-0.39, 0.29) is 5.91 Å². The molecule has 2 rings (SSSR count). The molecule has 1 atom stereocenters. The second kappa shape index (κ2) is 5.97. The van der Waals surface area contributed by atoms with Gasteiger partial charge in [-0.15, -0.1) is 12.3 Å². The number of carbonyl (C=O) groups excluding carboxylic acids is 1. The Hall–Kier alpha value is -2.15. The van der Waals surface area contributed by atoms with E-state index in [1.807, 2.05) is 24.3 Å². The van der Waals surface area contributed by atoms with Crippen molar-refractivity contribution in [3.05, 3.63) is 24.3 Å². The first kappa shape index (κ1) is 12.3. The molecule has 94 valence electrons. The first-order valence-electron chi connectivity index (χ1n) is 6.02. The summed E-state index contributed by atoms with van der Waals surface area (Å²) in [6.07, 6.45) is 6.13. The second-order valence-electron chi connectivity index (χ2n) is 4.08. The van der Waals surface area contributed by atoms with Gasteiger partial charge in [-0.2, -0.15) is 0 Å². The van der Waals surface area contributed by atoms with Crippen LogP contribution in [0.1, 0.15) is 12.8 Å². The number of para-hydroxylation sites is 2. The van der Waals surface area contributed by atoms with E-state index >= 15 is 0 Å². The summed E-state index contributed by atoms with van der Waals surface area (Å²) in [5.74, 6) is 3.15. The standard InChI is InChI=1S/C14H16N2O2/c1-2-3-6-9-15-14(17)13-10-16-11-7-4-5-8-12(11)18-13/h1,4-5,7-8,13,16H,3,6,9-10H2,(H,15,17). The highest BCUT2D eigenvalue weighted by molar-refractivity contribution is 5.83. The molecule has 1 aromatic carbocycles. The number of hydrogen-bond acceptors (Lipinski definition) is 3. The van der Waals surface area contributed by atoms with E-state index in [2.05, 4.69) is 16.6 Å². The van der Waals surface area contributed by atoms with Crippen molar-refractivity contribution in [2.45, 2.75) is 18.9 Å². The predicted molar refractivity (Wildman–Crippen MR) is 70.4 cm³/mol. The Morgan fingerprint density at radius 3 is 3.22 bits per heavy atom. The van der Waals surface area contributed by atoms with Crippen molar-refractivity contribution in [3.63, 3.8) is 0 Å². The molecular weight excluding hydrogens is 228 g/mol. The minimum Gasteiger partial charge on any atom is -0.477 e. The summed E-state index contributed by atoms with van der Waals surface area (Å²) >= 11 is 0. The van der Waals surface area contributed by atoms with Gasteiger partial charge in [-0.1, -0.05) is 12.1 Å². The highest BCUT2D eigenvalue weighted by Gasteiger charge is 2.24. The maximum Gasteiger partial charge on any atom is 0.262 e. The average Bonchev–Trinajstić information content (AvgIpc) is 2.43. The van der Waals surface area contributed by atoms with Crippen molar-refractivity contribution in [2.24, 2.45) is 0 Å². The van der Waals surface area contributed by atoms with Crippen LogP contribution in [0, 0.1) is 12.3 Å². The summed E-state index contributed by atoms with van der Waals surface area (Å²) in [5.41, 5.74) is 0.925. The molecule has 0 fully saturated rings. The van der Waals surface area contributed by atoms with Crippen molar-refractivity contribution in [1.29, 1.82) is 0 Å². The van der Waals surface area contributed by atoms with Gasteiger partial charge in [0.15, 0.2) is 6.10 Å². The summed E-state index contributed by atoms with van der Waals surface area (Å²) < 4.78 is 5.64. The van der Waals surface area contributed by atoms with Gasteiger partial charge >= 0.3 is 0 Å². The third-order valence-electron chi connectivity index (χ3n) is 2.72. The Bertz CT molecular complexity index is 465. The van der Waals surface area contributed by atoms with Crippen molar-refractivity contribution < 1.29 is 9.53 Å². The first-order valence-corrected chi connectivity index (χ1v) is 6.02. The fraction of sp³-hybridized carbons (Fsp3) is 0.357. The Morgan fingerprint density at radius 1 is 1.56 bits per heavy atom. The van der Waals surface area contributed by atoms with Crippen LogP contribution in [0.2, 0.25) is 0 Å². The lowest BCUT2D eigenvalue weighted by molar-refractivity contribution is -0.127. The number of fused-ring (bicyclic) bond motifs is 1. The number of nitrogens with one attached hydrogen (secondary N) is 2. The van der Waals surface area contributed by atoms with Crippen LogP contribution in [0.25, 0.3) is 0 Å². The molecule has 0 saturated heterocycles. The van der Waals surface area contributed by atoms with Crippen LogP contribution < -0.4 is 15.4 Å². The number of carbonyl (C=O) groups is 1. The van der Waals surface area contributed by atoms with Gasteiger partial charge in [-0.25, -0.2) is 0 Å². The molecule has 0 radical (unpaired) electrons. The number of anilines is 1. The molecule has 1 unspecified atom stereocenters. The molecule has 0 spiro atoms. The number of terminal acetylenes is 1. The van der Waals surface area contributed by atoms with Gasteiger partial charge in [0.1, 0.15) is 5.75 Å². The SMILES string of the molecule is C#CCCCNC(=O)C1CNc2ccccc2O1. The van der Waals surface area contributed by atoms with Gasteiger partial charge < -0.3 is 15.4 Å². The molecule has 0 saturated carbocycles. The maximum absolute atomic E-state index is 11.8. The minimum atomic E-state index is -0.481. The molecule has 1 aliphatic rings. The lowest BCUT2D eigenvalue weighted by atomic mass is 10.2. The van der Waals surface area contributed by atoms with E-state index in [1.165, 1.54) is 0 Å². The van der Waals surface area contributed by atoms with E-state index in [4.69, 9.17) is 11.2 Å². The van der Waals surface area contributed by atoms with Gasteiger partial charge in [0.2, 0.25) is 0 Å². The number of rotatable bonds is 4. The summed E-state index contributed by atoms with van der Waals surface area (Å²) in [5, 5.41) is 6.00. The molecule has 18 heavy (non-hydrogen) atoms. The third kappa shape index (κ3) is 2.95. The van der Waals surface area contributed by atoms with E-state index in [1.54, 1.807) is 0 Å². The Morgan fingerprint density at radius 2 is 2.39 bits per heavy atom. The predicted octanol–water partition coefficient (Wildman–Crippen LogP) is 1.39. The summed E-state index contributed by atoms with van der Waals surface area (Å²) in [6.45, 7) is 1.07. The lowest BCUT2D eigenvalue weighted by Gasteiger charge is -2.26. The van der Waals surface area contributed by atoms with Crippen LogP contribution in [0.4, 0.5) is 5.69 Å². The van der Waals surface area contributed by atoms with Crippen LogP contribution in [-0.4, -0.2) is 25.1 Å². The first-order chi connectivity index (χ1) is 8.81. The largest absolute Gasteiger partial charge is 0.477 e. The van der Waals surface area contributed by atoms with Gasteiger partial charge in [0.25, 0.3) is 5.91 Å². The van der Waals surface area contributed by atoms with E-state index in [9.17, 15) is 4.79 Å². The summed E-state index contributed by atoms with van der Waals surface area (Å²) in [4.78, 5) is 11.8. The molecular formula is C14H16N2O2. The van der Waals surface area contributed by atoms with E-state index < -0.39 is 6.10 Å². The third-order valence-corrected chi connectivity index (χ3v) is 2.72. The van der Waals surface area contributed by atoms with Gasteiger partial charge in [0, 0.05) is 13.0 Å². The zero-order valence-corrected chi connectivity index (χ0v) is 10.1. The quantitative estimate of drug-likeness (QED) is 0.621. The number of unbranched alkanes of at least 4 members (excludes halogenated alkanes) is 1. The van der Waals surface area contributed by atoms with Crippen LogP contribution >= 0.6 is 0 Å². The average molecular weight is 244 g/mol. The van der Waals surface area contributed by atoms with Crippen molar-refractivity contribution in [1.82, 2.24) is 5.32 Å². The summed E-state index contributed by atoms with van der Waals surface area (Å²) in [7, 11) is 0. The normalized spacial score (nSPS) is 16.7. The molecule has 4 heteroatoms. The number of hydrogen-bond donors (Lipinski definition) is 2. The Labute approximate surface area is 107 Å². The molecule has 0 bridgehead atoms. The fourth-order valence-electron chi connectivity index (χ4n) is 1.78. The number of benzene rings is 1. The topological polar surface area (TPSA) is 50.4 Å². The zero-order valence-electron chi connectivity index (χ0n) is 10.1. The molecule has 0 aliphatic carbocycles. The van der Waals surface area contributed by atoms with Crippen molar-refractivity contribution in [3.8, 4) is 18.1 Å². The van der Waals surface area contributed by atoms with E-state index in [0.717, 1.165) is 12.1 Å². The zero-order chi connectivity index (χ0) is 12.8. The minimum absolute atomic E-state index is 0.103. The van der Waals surface area contributed by atoms with Gasteiger partial charge in [0.05, 0.1) is 12.2 Å². The molecule has 4 nitrogen and oxygen atoms in total.